The van der Waals surface area contributed by atoms with E-state index in [1.54, 1.807) is 0 Å². The second-order valence-corrected chi connectivity index (χ2v) is 10.3. The first kappa shape index (κ1) is 32.2. The zero-order valence-corrected chi connectivity index (χ0v) is 26.3. The van der Waals surface area contributed by atoms with Crippen LogP contribution < -0.4 is 4.74 Å². The zero-order chi connectivity index (χ0) is 27.8. The van der Waals surface area contributed by atoms with E-state index >= 15 is 0 Å². The number of hydrogen-bond donors (Lipinski definition) is 1. The maximum Gasteiger partial charge on any atom is 0.217 e. The van der Waals surface area contributed by atoms with Crippen LogP contribution in [0.1, 0.15) is 67.2 Å². The molecule has 5 heteroatoms. The summed E-state index contributed by atoms with van der Waals surface area (Å²) in [5.74, 6) is 1.54. The molecule has 0 bridgehead atoms. The molecule has 4 rings (SSSR count). The fraction of sp³-hybridized carbons (Fsp3) is 0.353. The van der Waals surface area contributed by atoms with Gasteiger partial charge in [0.2, 0.25) is 5.88 Å². The van der Waals surface area contributed by atoms with Crippen molar-refractivity contribution in [1.29, 1.82) is 0 Å². The van der Waals surface area contributed by atoms with Crippen LogP contribution in [0, 0.1) is 16.9 Å². The summed E-state index contributed by atoms with van der Waals surface area (Å²) in [7, 11) is 0. The number of benzene rings is 3. The van der Waals surface area contributed by atoms with Gasteiger partial charge >= 0.3 is 0 Å². The number of carbonyl (C=O) groups is 1. The molecule has 1 N–H and O–H groups in total. The van der Waals surface area contributed by atoms with Gasteiger partial charge in [-0.1, -0.05) is 77.9 Å². The fourth-order valence-corrected chi connectivity index (χ4v) is 4.17. The Kier molecular flexibility index (Phi) is 11.9. The molecule has 0 spiro atoms. The maximum absolute atomic E-state index is 12.2. The van der Waals surface area contributed by atoms with Crippen LogP contribution in [0.25, 0.3) is 21.5 Å². The summed E-state index contributed by atoms with van der Waals surface area (Å²) in [5, 5.41) is 14.8. The monoisotopic (exact) mass is 703 g/mol. The van der Waals surface area contributed by atoms with Crippen molar-refractivity contribution in [3.63, 3.8) is 0 Å². The van der Waals surface area contributed by atoms with Crippen LogP contribution in [0.15, 0.2) is 84.8 Å². The van der Waals surface area contributed by atoms with E-state index in [0.29, 0.717) is 11.6 Å². The molecule has 3 aromatic carbocycles. The van der Waals surface area contributed by atoms with Crippen molar-refractivity contribution in [2.75, 3.05) is 0 Å². The summed E-state index contributed by atoms with van der Waals surface area (Å²) in [5.41, 5.74) is -0.603. The third-order valence-corrected chi connectivity index (χ3v) is 8.10. The average molecular weight is 703 g/mol. The maximum atomic E-state index is 12.2. The summed E-state index contributed by atoms with van der Waals surface area (Å²) in [6.45, 7) is 12.1. The van der Waals surface area contributed by atoms with Crippen LogP contribution in [-0.2, 0) is 24.9 Å². The zero-order valence-electron chi connectivity index (χ0n) is 23.9. The molecule has 0 amide bonds. The Labute approximate surface area is 246 Å². The summed E-state index contributed by atoms with van der Waals surface area (Å²) >= 11 is 0. The molecule has 1 aromatic heterocycles. The topological polar surface area (TPSA) is 59.4 Å². The number of ether oxygens (including phenoxy) is 1. The number of ketones is 1. The molecule has 4 nitrogen and oxygen atoms in total. The van der Waals surface area contributed by atoms with Crippen LogP contribution in [-0.4, -0.2) is 15.9 Å². The Balaban J connectivity index is 0.000000275. The Bertz CT molecular complexity index is 1390. The first-order chi connectivity index (χ1) is 18.2. The van der Waals surface area contributed by atoms with Gasteiger partial charge < -0.3 is 9.84 Å². The summed E-state index contributed by atoms with van der Waals surface area (Å²) in [6.07, 6.45) is 6.60. The number of rotatable bonds is 9. The van der Waals surface area contributed by atoms with Gasteiger partial charge in [-0.25, -0.2) is 4.98 Å². The van der Waals surface area contributed by atoms with Crippen LogP contribution in [0.3, 0.4) is 0 Å². The second kappa shape index (κ2) is 14.4. The number of aliphatic hydroxyl groups excluding tert-OH is 1. The van der Waals surface area contributed by atoms with Crippen molar-refractivity contribution in [2.45, 2.75) is 67.2 Å². The third kappa shape index (κ3) is 7.77. The van der Waals surface area contributed by atoms with E-state index in [1.165, 1.54) is 16.8 Å². The molecule has 0 unspecified atom stereocenters. The average Bonchev–Trinajstić information content (AvgIpc) is 2.97. The van der Waals surface area contributed by atoms with Gasteiger partial charge in [0.1, 0.15) is 5.76 Å². The van der Waals surface area contributed by atoms with Gasteiger partial charge in [0.15, 0.2) is 5.78 Å². The molecule has 0 fully saturated rings. The fourth-order valence-electron chi connectivity index (χ4n) is 4.17. The van der Waals surface area contributed by atoms with Crippen molar-refractivity contribution >= 4 is 27.3 Å². The molecule has 4 aromatic rings. The van der Waals surface area contributed by atoms with E-state index in [2.05, 4.69) is 35.3 Å². The van der Waals surface area contributed by atoms with E-state index in [-0.39, 0.29) is 42.5 Å². The first-order valence-electron chi connectivity index (χ1n) is 13.6. The molecule has 1 heterocycles. The summed E-state index contributed by atoms with van der Waals surface area (Å²) in [6, 6.07) is 25.1. The van der Waals surface area contributed by atoms with Gasteiger partial charge in [0.05, 0.1) is 0 Å². The van der Waals surface area contributed by atoms with E-state index in [1.807, 2.05) is 90.2 Å². The number of nitrogens with zero attached hydrogens (tertiary/aromatic N) is 1. The van der Waals surface area contributed by atoms with E-state index in [0.717, 1.165) is 36.5 Å². The van der Waals surface area contributed by atoms with Crippen molar-refractivity contribution in [1.82, 2.24) is 4.98 Å². The molecule has 0 saturated heterocycles. The number of pyridine rings is 1. The number of aromatic nitrogens is 1. The Morgan fingerprint density at radius 1 is 0.872 bits per heavy atom. The number of hydrogen-bond acceptors (Lipinski definition) is 4. The van der Waals surface area contributed by atoms with Gasteiger partial charge in [-0.15, -0.1) is 12.1 Å². The first-order valence-corrected chi connectivity index (χ1v) is 13.6. The Hall–Kier alpha value is -3.01. The Morgan fingerprint density at radius 3 is 2.10 bits per heavy atom. The molecule has 39 heavy (non-hydrogen) atoms. The van der Waals surface area contributed by atoms with Crippen LogP contribution in [0.5, 0.6) is 11.6 Å². The Morgan fingerprint density at radius 2 is 1.49 bits per heavy atom. The standard InChI is InChI=1S/C19H12NO.C15H28O2.Ir/c1-2-7-16(8-3-1)21-19-12-18-15(13-20-19)11-10-14-6-4-5-9-17(14)18;1-7-14(5,8-2)12(16)11-13(17)15(6,9-3)10-4;/h1-7,9-13H;11,16H,7-10H2,1-6H3;/q-1;;/b;12-11-;. The molecule has 0 saturated carbocycles. The van der Waals surface area contributed by atoms with Crippen LogP contribution in [0.4, 0.5) is 0 Å². The molecular weight excluding hydrogens is 663 g/mol. The molecule has 0 aliphatic carbocycles. The van der Waals surface area contributed by atoms with Crippen molar-refractivity contribution in [3.8, 4) is 11.6 Å². The van der Waals surface area contributed by atoms with Crippen molar-refractivity contribution < 1.29 is 34.7 Å². The van der Waals surface area contributed by atoms with E-state index < -0.39 is 0 Å². The molecular formula is C34H40IrNO3-. The molecule has 0 atom stereocenters. The minimum atomic E-state index is -0.337. The third-order valence-electron chi connectivity index (χ3n) is 8.10. The van der Waals surface area contributed by atoms with Crippen molar-refractivity contribution in [3.05, 3.63) is 90.8 Å². The van der Waals surface area contributed by atoms with Gasteiger partial charge in [-0.2, -0.15) is 18.2 Å². The largest absolute Gasteiger partial charge is 0.512 e. The SMILES string of the molecule is CCC(C)(CC)C(=O)/C=C(\O)C(C)(CC)CC.[Ir].[c-]1ccccc1Oc1cc2c(ccc3ccccc32)cn1. The van der Waals surface area contributed by atoms with Gasteiger partial charge in [0, 0.05) is 60.4 Å². The molecule has 209 valence electrons. The minimum Gasteiger partial charge on any atom is -0.512 e. The predicted molar refractivity (Wildman–Crippen MR) is 158 cm³/mol. The smallest absolute Gasteiger partial charge is 0.217 e. The van der Waals surface area contributed by atoms with Crippen LogP contribution >= 0.6 is 0 Å². The quantitative estimate of drug-likeness (QED) is 0.0817. The van der Waals surface area contributed by atoms with Gasteiger partial charge in [-0.3, -0.25) is 4.79 Å². The second-order valence-electron chi connectivity index (χ2n) is 10.3. The molecule has 0 aliphatic rings. The normalized spacial score (nSPS) is 11.9. The predicted octanol–water partition coefficient (Wildman–Crippen LogP) is 9.63. The number of para-hydroxylation sites is 1. The molecule has 1 radical (unpaired) electrons. The van der Waals surface area contributed by atoms with Crippen LogP contribution in [0.2, 0.25) is 0 Å². The summed E-state index contributed by atoms with van der Waals surface area (Å²) < 4.78 is 5.77. The number of allylic oxidation sites excluding steroid dienone is 2. The number of fused-ring (bicyclic) bond motifs is 3. The van der Waals surface area contributed by atoms with E-state index in [4.69, 9.17) is 4.74 Å². The number of aliphatic hydroxyl groups is 1. The summed E-state index contributed by atoms with van der Waals surface area (Å²) in [4.78, 5) is 16.5. The van der Waals surface area contributed by atoms with Crippen molar-refractivity contribution in [2.24, 2.45) is 10.8 Å². The number of carbonyl (C=O) groups excluding carboxylic acids is 1. The molecule has 0 aliphatic heterocycles. The van der Waals surface area contributed by atoms with Gasteiger partial charge in [0.25, 0.3) is 0 Å². The van der Waals surface area contributed by atoms with Gasteiger partial charge in [-0.05, 0) is 41.8 Å². The minimum absolute atomic E-state index is 0. The van der Waals surface area contributed by atoms with E-state index in [9.17, 15) is 9.90 Å².